The number of aromatic nitrogens is 3. The Morgan fingerprint density at radius 1 is 1.22 bits per heavy atom. The van der Waals surface area contributed by atoms with Gasteiger partial charge < -0.3 is 15.0 Å². The number of hydrogen-bond acceptors (Lipinski definition) is 5. The van der Waals surface area contributed by atoms with Gasteiger partial charge in [0.1, 0.15) is 12.2 Å². The highest BCUT2D eigenvalue weighted by atomic mass is 16.5. The summed E-state index contributed by atoms with van der Waals surface area (Å²) in [6.45, 7) is 5.39. The van der Waals surface area contributed by atoms with E-state index in [4.69, 9.17) is 4.74 Å². The predicted molar refractivity (Wildman–Crippen MR) is 88.4 cm³/mol. The minimum atomic E-state index is 0.460. The normalized spacial score (nSPS) is 21.2. The summed E-state index contributed by atoms with van der Waals surface area (Å²) >= 11 is 0. The molecule has 23 heavy (non-hydrogen) atoms. The summed E-state index contributed by atoms with van der Waals surface area (Å²) in [6.07, 6.45) is 3.78. The summed E-state index contributed by atoms with van der Waals surface area (Å²) in [5.41, 5.74) is 2.69. The molecule has 0 spiro atoms. The first-order valence-corrected chi connectivity index (χ1v) is 8.41. The van der Waals surface area contributed by atoms with Crippen LogP contribution in [0.3, 0.4) is 0 Å². The highest BCUT2D eigenvalue weighted by molar-refractivity contribution is 5.53. The lowest BCUT2D eigenvalue weighted by molar-refractivity contribution is 0.122. The number of nitrogens with one attached hydrogen (secondary N) is 1. The van der Waals surface area contributed by atoms with E-state index < -0.39 is 0 Å². The molecule has 6 nitrogen and oxygen atoms in total. The maximum absolute atomic E-state index is 5.47. The van der Waals surface area contributed by atoms with Gasteiger partial charge in [0.05, 0.1) is 19.8 Å². The highest BCUT2D eigenvalue weighted by Crippen LogP contribution is 2.22. The molecular weight excluding hydrogens is 290 g/mol. The van der Waals surface area contributed by atoms with E-state index in [9.17, 15) is 0 Å². The molecule has 2 aliphatic heterocycles. The van der Waals surface area contributed by atoms with Gasteiger partial charge in [0.25, 0.3) is 0 Å². The summed E-state index contributed by atoms with van der Waals surface area (Å²) in [5, 5.41) is 8.00. The average Bonchev–Trinajstić information content (AvgIpc) is 3.09. The number of anilines is 1. The molecule has 4 rings (SSSR count). The second kappa shape index (κ2) is 6.68. The molecule has 1 aromatic carbocycles. The fourth-order valence-electron chi connectivity index (χ4n) is 3.43. The number of ether oxygens (including phenoxy) is 1. The standard InChI is InChI=1S/C17H23N5O/c1-2-4-16(21-7-9-23-10-8-21)14(3-1)11-18-15-5-6-17-19-13-20-22(17)12-15/h1-4,13,15,18H,5-12H2. The fraction of sp³-hybridized carbons (Fsp3) is 0.529. The topological polar surface area (TPSA) is 55.2 Å². The SMILES string of the molecule is c1ccc(N2CCOCC2)c(CNC2CCc3ncnn3C2)c1. The number of benzene rings is 1. The van der Waals surface area contributed by atoms with E-state index in [2.05, 4.69) is 44.6 Å². The molecule has 0 bridgehead atoms. The Kier molecular flexibility index (Phi) is 4.26. The van der Waals surface area contributed by atoms with Crippen LogP contribution < -0.4 is 10.2 Å². The molecule has 2 aliphatic rings. The van der Waals surface area contributed by atoms with E-state index in [0.717, 1.165) is 58.1 Å². The quantitative estimate of drug-likeness (QED) is 0.920. The van der Waals surface area contributed by atoms with E-state index in [-0.39, 0.29) is 0 Å². The van der Waals surface area contributed by atoms with Crippen LogP contribution in [0.5, 0.6) is 0 Å². The first kappa shape index (κ1) is 14.7. The lowest BCUT2D eigenvalue weighted by Gasteiger charge is -2.31. The monoisotopic (exact) mass is 313 g/mol. The van der Waals surface area contributed by atoms with Crippen LogP contribution in [0.1, 0.15) is 17.8 Å². The Balaban J connectivity index is 1.41. The van der Waals surface area contributed by atoms with Gasteiger partial charge in [-0.1, -0.05) is 18.2 Å². The van der Waals surface area contributed by atoms with Gasteiger partial charge in [0.2, 0.25) is 0 Å². The molecule has 3 heterocycles. The number of aryl methyl sites for hydroxylation is 1. The summed E-state index contributed by atoms with van der Waals surface area (Å²) in [6, 6.07) is 9.15. The van der Waals surface area contributed by atoms with Crippen molar-refractivity contribution in [2.75, 3.05) is 31.2 Å². The van der Waals surface area contributed by atoms with Crippen molar-refractivity contribution in [3.8, 4) is 0 Å². The summed E-state index contributed by atoms with van der Waals surface area (Å²) in [7, 11) is 0. The van der Waals surface area contributed by atoms with Gasteiger partial charge in [0, 0.05) is 37.8 Å². The summed E-state index contributed by atoms with van der Waals surface area (Å²) in [5.74, 6) is 1.11. The molecule has 2 aromatic rings. The Bertz CT molecular complexity index is 650. The second-order valence-electron chi connectivity index (χ2n) is 6.20. The van der Waals surface area contributed by atoms with Crippen molar-refractivity contribution in [2.24, 2.45) is 0 Å². The van der Waals surface area contributed by atoms with Crippen LogP contribution in [0.15, 0.2) is 30.6 Å². The molecule has 6 heteroatoms. The third-order valence-electron chi connectivity index (χ3n) is 4.73. The van der Waals surface area contributed by atoms with E-state index in [1.165, 1.54) is 11.3 Å². The average molecular weight is 313 g/mol. The molecular formula is C17H23N5O. The van der Waals surface area contributed by atoms with Gasteiger partial charge in [-0.15, -0.1) is 0 Å². The van der Waals surface area contributed by atoms with E-state index in [0.29, 0.717) is 6.04 Å². The molecule has 0 aliphatic carbocycles. The smallest absolute Gasteiger partial charge is 0.138 e. The molecule has 1 saturated heterocycles. The lowest BCUT2D eigenvalue weighted by atomic mass is 10.1. The van der Waals surface area contributed by atoms with Gasteiger partial charge >= 0.3 is 0 Å². The van der Waals surface area contributed by atoms with Crippen LogP contribution in [0.25, 0.3) is 0 Å². The molecule has 1 N–H and O–H groups in total. The number of para-hydroxylation sites is 1. The van der Waals surface area contributed by atoms with Crippen LogP contribution >= 0.6 is 0 Å². The van der Waals surface area contributed by atoms with Crippen molar-refractivity contribution in [3.63, 3.8) is 0 Å². The Hall–Kier alpha value is -1.92. The Morgan fingerprint density at radius 3 is 3.00 bits per heavy atom. The summed E-state index contributed by atoms with van der Waals surface area (Å²) < 4.78 is 7.49. The van der Waals surface area contributed by atoms with Gasteiger partial charge in [-0.05, 0) is 18.1 Å². The predicted octanol–water partition coefficient (Wildman–Crippen LogP) is 1.22. The van der Waals surface area contributed by atoms with Crippen LogP contribution in [0.2, 0.25) is 0 Å². The zero-order chi connectivity index (χ0) is 15.5. The number of fused-ring (bicyclic) bond motifs is 1. The fourth-order valence-corrected chi connectivity index (χ4v) is 3.43. The minimum Gasteiger partial charge on any atom is -0.378 e. The van der Waals surface area contributed by atoms with Crippen molar-refractivity contribution in [1.82, 2.24) is 20.1 Å². The zero-order valence-electron chi connectivity index (χ0n) is 13.3. The van der Waals surface area contributed by atoms with Gasteiger partial charge in [-0.3, -0.25) is 0 Å². The van der Waals surface area contributed by atoms with Crippen LogP contribution in [-0.2, 0) is 24.2 Å². The number of nitrogens with zero attached hydrogens (tertiary/aromatic N) is 4. The van der Waals surface area contributed by atoms with Gasteiger partial charge in [0.15, 0.2) is 0 Å². The largest absolute Gasteiger partial charge is 0.378 e. The number of morpholine rings is 1. The van der Waals surface area contributed by atoms with Crippen molar-refractivity contribution in [2.45, 2.75) is 32.0 Å². The molecule has 1 unspecified atom stereocenters. The first-order chi connectivity index (χ1) is 11.4. The third-order valence-corrected chi connectivity index (χ3v) is 4.73. The molecule has 0 saturated carbocycles. The van der Waals surface area contributed by atoms with E-state index in [1.54, 1.807) is 6.33 Å². The molecule has 1 fully saturated rings. The van der Waals surface area contributed by atoms with E-state index in [1.807, 2.05) is 4.68 Å². The summed E-state index contributed by atoms with van der Waals surface area (Å²) in [4.78, 5) is 6.72. The van der Waals surface area contributed by atoms with Crippen LogP contribution in [0, 0.1) is 0 Å². The minimum absolute atomic E-state index is 0.460. The van der Waals surface area contributed by atoms with Crippen LogP contribution in [0.4, 0.5) is 5.69 Å². The van der Waals surface area contributed by atoms with Crippen molar-refractivity contribution < 1.29 is 4.74 Å². The van der Waals surface area contributed by atoms with Crippen molar-refractivity contribution in [1.29, 1.82) is 0 Å². The van der Waals surface area contributed by atoms with Gasteiger partial charge in [-0.2, -0.15) is 5.10 Å². The molecule has 122 valence electrons. The molecule has 0 radical (unpaired) electrons. The second-order valence-corrected chi connectivity index (χ2v) is 6.20. The lowest BCUT2D eigenvalue weighted by Crippen LogP contribution is -2.39. The molecule has 1 aromatic heterocycles. The Labute approximate surface area is 136 Å². The highest BCUT2D eigenvalue weighted by Gasteiger charge is 2.20. The Morgan fingerprint density at radius 2 is 2.09 bits per heavy atom. The van der Waals surface area contributed by atoms with Crippen molar-refractivity contribution >= 4 is 5.69 Å². The maximum Gasteiger partial charge on any atom is 0.138 e. The number of rotatable bonds is 4. The molecule has 1 atom stereocenters. The van der Waals surface area contributed by atoms with Gasteiger partial charge in [-0.25, -0.2) is 9.67 Å². The van der Waals surface area contributed by atoms with Crippen molar-refractivity contribution in [3.05, 3.63) is 42.0 Å². The van der Waals surface area contributed by atoms with E-state index >= 15 is 0 Å². The maximum atomic E-state index is 5.47. The molecule has 0 amide bonds. The first-order valence-electron chi connectivity index (χ1n) is 8.41. The third kappa shape index (κ3) is 3.23. The van der Waals surface area contributed by atoms with Crippen LogP contribution in [-0.4, -0.2) is 47.1 Å². The number of hydrogen-bond donors (Lipinski definition) is 1. The zero-order valence-corrected chi connectivity index (χ0v) is 13.3.